The van der Waals surface area contributed by atoms with Crippen molar-refractivity contribution in [2.75, 3.05) is 51.5 Å². The van der Waals surface area contributed by atoms with Crippen molar-refractivity contribution in [2.45, 2.75) is 57.6 Å². The molecule has 7 nitrogen and oxygen atoms in total. The minimum Gasteiger partial charge on any atom is -0.497 e. The molecule has 0 unspecified atom stereocenters. The number of carbonyl (C=O) groups excluding carboxylic acids is 1. The van der Waals surface area contributed by atoms with E-state index >= 15 is 0 Å². The largest absolute Gasteiger partial charge is 0.497 e. The normalized spacial score (nSPS) is 21.3. The van der Waals surface area contributed by atoms with Crippen molar-refractivity contribution >= 4 is 22.6 Å². The maximum absolute atomic E-state index is 13.5. The average molecular weight is 468 g/mol. The van der Waals surface area contributed by atoms with Crippen LogP contribution in [0.15, 0.2) is 24.3 Å². The number of amides is 1. The van der Waals surface area contributed by atoms with Gasteiger partial charge in [0.2, 0.25) is 5.91 Å². The molecule has 1 amide bonds. The molecule has 3 fully saturated rings. The number of hydrogen-bond acceptors (Lipinski definition) is 6. The molecule has 2 aliphatic heterocycles. The van der Waals surface area contributed by atoms with E-state index in [2.05, 4.69) is 17.0 Å². The topological polar surface area (TPSA) is 64.1 Å². The molecule has 184 valence electrons. The Kier molecular flexibility index (Phi) is 7.50. The Labute approximate surface area is 202 Å². The fourth-order valence-electron chi connectivity index (χ4n) is 5.56. The average Bonchev–Trinajstić information content (AvgIpc) is 3.58. The first-order valence-electron chi connectivity index (χ1n) is 12.9. The van der Waals surface area contributed by atoms with Crippen LogP contribution in [0.2, 0.25) is 0 Å². The molecule has 0 bridgehead atoms. The van der Waals surface area contributed by atoms with Crippen LogP contribution in [0.5, 0.6) is 5.75 Å². The number of carbonyl (C=O) groups is 1. The zero-order valence-electron chi connectivity index (χ0n) is 20.3. The molecule has 0 spiro atoms. The fraction of sp³-hybridized carbons (Fsp3) is 0.630. The third-order valence-corrected chi connectivity index (χ3v) is 7.49. The molecule has 1 atom stereocenters. The minimum atomic E-state index is 0.136. The summed E-state index contributed by atoms with van der Waals surface area (Å²) < 4.78 is 17.0. The molecule has 0 radical (unpaired) electrons. The van der Waals surface area contributed by atoms with Gasteiger partial charge in [-0.2, -0.15) is 0 Å². The highest BCUT2D eigenvalue weighted by atomic mass is 16.5. The summed E-state index contributed by atoms with van der Waals surface area (Å²) in [7, 11) is 1.68. The number of nitrogens with zero attached hydrogens (tertiary/aromatic N) is 3. The van der Waals surface area contributed by atoms with E-state index in [1.165, 1.54) is 25.7 Å². The summed E-state index contributed by atoms with van der Waals surface area (Å²) in [6.45, 7) is 5.01. The van der Waals surface area contributed by atoms with E-state index in [9.17, 15) is 4.79 Å². The van der Waals surface area contributed by atoms with E-state index in [1.807, 2.05) is 17.0 Å². The number of anilines is 1. The molecule has 2 saturated heterocycles. The first-order chi connectivity index (χ1) is 16.7. The van der Waals surface area contributed by atoms with Gasteiger partial charge in [0, 0.05) is 56.2 Å². The predicted octanol–water partition coefficient (Wildman–Crippen LogP) is 4.17. The molecule has 2 aromatic rings. The van der Waals surface area contributed by atoms with Gasteiger partial charge in [-0.15, -0.1) is 0 Å². The second kappa shape index (κ2) is 10.9. The summed E-state index contributed by atoms with van der Waals surface area (Å²) in [6.07, 6.45) is 7.75. The highest BCUT2D eigenvalue weighted by Gasteiger charge is 2.28. The maximum Gasteiger partial charge on any atom is 0.223 e. The van der Waals surface area contributed by atoms with Gasteiger partial charge >= 0.3 is 0 Å². The number of ether oxygens (including phenoxy) is 3. The minimum absolute atomic E-state index is 0.136. The molecule has 1 aromatic carbocycles. The Morgan fingerprint density at radius 3 is 2.68 bits per heavy atom. The lowest BCUT2D eigenvalue weighted by Crippen LogP contribution is -2.40. The van der Waals surface area contributed by atoms with Crippen LogP contribution in [0.3, 0.4) is 0 Å². The van der Waals surface area contributed by atoms with Crippen molar-refractivity contribution in [3.8, 4) is 5.75 Å². The number of aromatic nitrogens is 1. The van der Waals surface area contributed by atoms with Crippen molar-refractivity contribution in [1.29, 1.82) is 0 Å². The quantitative estimate of drug-likeness (QED) is 0.581. The zero-order chi connectivity index (χ0) is 23.3. The third-order valence-electron chi connectivity index (χ3n) is 7.49. The van der Waals surface area contributed by atoms with Crippen LogP contribution in [0.4, 0.5) is 5.82 Å². The van der Waals surface area contributed by atoms with E-state index in [4.69, 9.17) is 19.2 Å². The van der Waals surface area contributed by atoms with Crippen molar-refractivity contribution in [3.63, 3.8) is 0 Å². The Bertz CT molecular complexity index is 979. The summed E-state index contributed by atoms with van der Waals surface area (Å²) in [4.78, 5) is 22.9. The summed E-state index contributed by atoms with van der Waals surface area (Å²) in [5, 5.41) is 1.06. The number of rotatable bonds is 8. The molecule has 3 aliphatic rings. The van der Waals surface area contributed by atoms with Crippen LogP contribution >= 0.6 is 0 Å². The van der Waals surface area contributed by atoms with Crippen LogP contribution in [-0.2, 0) is 20.8 Å². The van der Waals surface area contributed by atoms with Crippen LogP contribution < -0.4 is 9.64 Å². The van der Waals surface area contributed by atoms with Gasteiger partial charge < -0.3 is 24.0 Å². The SMILES string of the molecule is COc1ccc2cc(CN(C[C@H]3CCCO3)C(=O)CC3CCCC3)c(N3CCOCC3)nc2c1. The van der Waals surface area contributed by atoms with E-state index in [-0.39, 0.29) is 12.0 Å². The molecule has 1 aromatic heterocycles. The first-order valence-corrected chi connectivity index (χ1v) is 12.9. The predicted molar refractivity (Wildman–Crippen MR) is 132 cm³/mol. The molecule has 1 aliphatic carbocycles. The fourth-order valence-corrected chi connectivity index (χ4v) is 5.56. The highest BCUT2D eigenvalue weighted by Crippen LogP contribution is 2.31. The van der Waals surface area contributed by atoms with Gasteiger partial charge in [0.1, 0.15) is 11.6 Å². The Morgan fingerprint density at radius 1 is 1.12 bits per heavy atom. The maximum atomic E-state index is 13.5. The number of pyridine rings is 1. The molecule has 0 N–H and O–H groups in total. The van der Waals surface area contributed by atoms with Crippen LogP contribution in [0.1, 0.15) is 50.5 Å². The van der Waals surface area contributed by atoms with Crippen LogP contribution in [-0.4, -0.2) is 68.5 Å². The molecular weight excluding hydrogens is 430 g/mol. The molecule has 34 heavy (non-hydrogen) atoms. The van der Waals surface area contributed by atoms with E-state index in [0.717, 1.165) is 60.6 Å². The zero-order valence-corrected chi connectivity index (χ0v) is 20.3. The molecule has 3 heterocycles. The van der Waals surface area contributed by atoms with Gasteiger partial charge in [0.05, 0.1) is 31.9 Å². The molecule has 5 rings (SSSR count). The first kappa shape index (κ1) is 23.4. The lowest BCUT2D eigenvalue weighted by atomic mass is 10.0. The van der Waals surface area contributed by atoms with Gasteiger partial charge in [0.25, 0.3) is 0 Å². The van der Waals surface area contributed by atoms with Gasteiger partial charge in [0.15, 0.2) is 0 Å². The van der Waals surface area contributed by atoms with Crippen molar-refractivity contribution in [3.05, 3.63) is 29.8 Å². The van der Waals surface area contributed by atoms with Crippen LogP contribution in [0.25, 0.3) is 10.9 Å². The number of morpholine rings is 1. The number of methoxy groups -OCH3 is 1. The Morgan fingerprint density at radius 2 is 1.94 bits per heavy atom. The summed E-state index contributed by atoms with van der Waals surface area (Å²) in [5.41, 5.74) is 2.00. The highest BCUT2D eigenvalue weighted by molar-refractivity contribution is 5.84. The van der Waals surface area contributed by atoms with Crippen molar-refractivity contribution in [2.24, 2.45) is 5.92 Å². The summed E-state index contributed by atoms with van der Waals surface area (Å²) in [6, 6.07) is 8.21. The van der Waals surface area contributed by atoms with E-state index in [0.29, 0.717) is 38.6 Å². The second-order valence-corrected chi connectivity index (χ2v) is 9.89. The molecule has 1 saturated carbocycles. The second-order valence-electron chi connectivity index (χ2n) is 9.89. The van der Waals surface area contributed by atoms with Gasteiger partial charge in [-0.25, -0.2) is 4.98 Å². The molecule has 7 heteroatoms. The van der Waals surface area contributed by atoms with E-state index < -0.39 is 0 Å². The third kappa shape index (κ3) is 5.47. The monoisotopic (exact) mass is 467 g/mol. The lowest BCUT2D eigenvalue weighted by molar-refractivity contribution is -0.134. The van der Waals surface area contributed by atoms with Gasteiger partial charge in [-0.1, -0.05) is 12.8 Å². The van der Waals surface area contributed by atoms with E-state index in [1.54, 1.807) is 7.11 Å². The summed E-state index contributed by atoms with van der Waals surface area (Å²) in [5.74, 6) is 2.54. The molecular formula is C27H37N3O4. The Balaban J connectivity index is 1.46. The Hall–Kier alpha value is -2.38. The number of benzene rings is 1. The smallest absolute Gasteiger partial charge is 0.223 e. The van der Waals surface area contributed by atoms with Crippen molar-refractivity contribution in [1.82, 2.24) is 9.88 Å². The lowest BCUT2D eigenvalue weighted by Gasteiger charge is -2.32. The standard InChI is InChI=1S/C27H37N3O4/c1-32-23-9-8-21-16-22(27(28-25(21)17-23)29-10-13-33-14-11-29)18-30(19-24-7-4-12-34-24)26(31)15-20-5-2-3-6-20/h8-9,16-17,20,24H,2-7,10-15,18-19H2,1H3/t24-/m1/s1. The number of hydrogen-bond donors (Lipinski definition) is 0. The summed E-state index contributed by atoms with van der Waals surface area (Å²) >= 11 is 0. The number of fused-ring (bicyclic) bond motifs is 1. The van der Waals surface area contributed by atoms with Crippen molar-refractivity contribution < 1.29 is 19.0 Å². The van der Waals surface area contributed by atoms with Crippen LogP contribution in [0, 0.1) is 5.92 Å². The van der Waals surface area contributed by atoms with Gasteiger partial charge in [-0.3, -0.25) is 4.79 Å². The van der Waals surface area contributed by atoms with Gasteiger partial charge in [-0.05, 0) is 49.8 Å².